The first-order valence-corrected chi connectivity index (χ1v) is 5.35. The van der Waals surface area contributed by atoms with Crippen LogP contribution in [0.4, 0.5) is 0 Å². The van der Waals surface area contributed by atoms with E-state index in [1.54, 1.807) is 6.92 Å². The fourth-order valence-corrected chi connectivity index (χ4v) is 0.953. The molecule has 0 aromatic carbocycles. The van der Waals surface area contributed by atoms with Crippen molar-refractivity contribution in [3.63, 3.8) is 0 Å². The van der Waals surface area contributed by atoms with Crippen molar-refractivity contribution in [1.82, 2.24) is 0 Å². The predicted octanol–water partition coefficient (Wildman–Crippen LogP) is 3.25. The van der Waals surface area contributed by atoms with Gasteiger partial charge in [0.25, 0.3) is 0 Å². The second kappa shape index (κ2) is 5.91. The lowest BCUT2D eigenvalue weighted by Gasteiger charge is -2.18. The molecule has 0 spiro atoms. The lowest BCUT2D eigenvalue weighted by atomic mass is 9.88. The first kappa shape index (κ1) is 14.2. The number of carbonyl (C=O) groups is 1. The van der Waals surface area contributed by atoms with Crippen LogP contribution in [0.3, 0.4) is 0 Å². The van der Waals surface area contributed by atoms with Crippen molar-refractivity contribution < 1.29 is 14.6 Å². The Labute approximate surface area is 92.4 Å². The van der Waals surface area contributed by atoms with E-state index in [0.29, 0.717) is 5.57 Å². The second-order valence-corrected chi connectivity index (χ2v) is 4.69. The van der Waals surface area contributed by atoms with E-state index in [0.717, 1.165) is 6.42 Å². The third kappa shape index (κ3) is 6.28. The summed E-state index contributed by atoms with van der Waals surface area (Å²) in [6.07, 6.45) is 2.78. The Morgan fingerprint density at radius 2 is 1.93 bits per heavy atom. The van der Waals surface area contributed by atoms with Crippen molar-refractivity contribution in [1.29, 1.82) is 0 Å². The van der Waals surface area contributed by atoms with Crippen LogP contribution in [0.1, 0.15) is 48.0 Å². The number of carbonyl (C=O) groups excluding carboxylic acids is 1. The molecule has 3 heteroatoms. The Bertz CT molecular complexity index is 239. The van der Waals surface area contributed by atoms with Crippen molar-refractivity contribution in [2.24, 2.45) is 5.41 Å². The van der Waals surface area contributed by atoms with Gasteiger partial charge in [0.1, 0.15) is 0 Å². The summed E-state index contributed by atoms with van der Waals surface area (Å²) in [4.78, 5) is 20.9. The van der Waals surface area contributed by atoms with Gasteiger partial charge in [-0.3, -0.25) is 4.89 Å². The second-order valence-electron chi connectivity index (χ2n) is 4.69. The highest BCUT2D eigenvalue weighted by molar-refractivity contribution is 5.87. The molecule has 88 valence electrons. The molecule has 0 fully saturated rings. The molecule has 0 heterocycles. The number of allylic oxidation sites excluding steroid dienone is 1. The fraction of sp³-hybridized carbons (Fsp3) is 0.750. The van der Waals surface area contributed by atoms with E-state index in [1.165, 1.54) is 0 Å². The predicted molar refractivity (Wildman–Crippen MR) is 60.1 cm³/mol. The Morgan fingerprint density at radius 3 is 2.33 bits per heavy atom. The molecule has 0 saturated carbocycles. The summed E-state index contributed by atoms with van der Waals surface area (Å²) in [5.41, 5.74) is 0.600. The monoisotopic (exact) mass is 214 g/mol. The van der Waals surface area contributed by atoms with Crippen LogP contribution in [0.25, 0.3) is 0 Å². The minimum absolute atomic E-state index is 0.0148. The average Bonchev–Trinajstić information content (AvgIpc) is 2.13. The Balaban J connectivity index is 4.31. The van der Waals surface area contributed by atoms with Gasteiger partial charge in [-0.1, -0.05) is 26.8 Å². The SMILES string of the molecule is CCC(C)(C)/C=C(/C)C(=O)OOC(C)C. The van der Waals surface area contributed by atoms with Crippen molar-refractivity contribution in [2.75, 3.05) is 0 Å². The largest absolute Gasteiger partial charge is 0.368 e. The molecule has 0 aliphatic heterocycles. The van der Waals surface area contributed by atoms with Gasteiger partial charge in [-0.15, -0.1) is 0 Å². The summed E-state index contributed by atoms with van der Waals surface area (Å²) in [5, 5.41) is 0. The molecule has 0 radical (unpaired) electrons. The molecule has 0 aliphatic carbocycles. The van der Waals surface area contributed by atoms with Crippen LogP contribution >= 0.6 is 0 Å². The van der Waals surface area contributed by atoms with E-state index in [4.69, 9.17) is 4.89 Å². The summed E-state index contributed by atoms with van der Waals surface area (Å²) in [7, 11) is 0. The third-order valence-corrected chi connectivity index (χ3v) is 2.16. The molecule has 0 unspecified atom stereocenters. The maximum atomic E-state index is 11.4. The summed E-state index contributed by atoms with van der Waals surface area (Å²) in [5.74, 6) is -0.412. The van der Waals surface area contributed by atoms with Crippen molar-refractivity contribution in [3.05, 3.63) is 11.6 Å². The van der Waals surface area contributed by atoms with Crippen LogP contribution in [0.15, 0.2) is 11.6 Å². The number of hydrogen-bond donors (Lipinski definition) is 0. The summed E-state index contributed by atoms with van der Waals surface area (Å²) in [6, 6.07) is 0. The summed E-state index contributed by atoms with van der Waals surface area (Å²) >= 11 is 0. The number of rotatable bonds is 5. The van der Waals surface area contributed by atoms with Crippen molar-refractivity contribution in [3.8, 4) is 0 Å². The lowest BCUT2D eigenvalue weighted by molar-refractivity contribution is -0.287. The van der Waals surface area contributed by atoms with Gasteiger partial charge in [0.15, 0.2) is 0 Å². The maximum absolute atomic E-state index is 11.4. The van der Waals surface area contributed by atoms with E-state index >= 15 is 0 Å². The van der Waals surface area contributed by atoms with Gasteiger partial charge in [0.05, 0.1) is 6.10 Å². The van der Waals surface area contributed by atoms with Gasteiger partial charge in [0.2, 0.25) is 0 Å². The molecular formula is C12H22O3. The molecule has 0 amide bonds. The summed E-state index contributed by atoms with van der Waals surface area (Å²) < 4.78 is 0. The van der Waals surface area contributed by atoms with Crippen LogP contribution < -0.4 is 0 Å². The number of hydrogen-bond acceptors (Lipinski definition) is 3. The zero-order valence-corrected chi connectivity index (χ0v) is 10.6. The van der Waals surface area contributed by atoms with Crippen molar-refractivity contribution in [2.45, 2.75) is 54.1 Å². The summed E-state index contributed by atoms with van der Waals surface area (Å²) in [6.45, 7) is 11.6. The average molecular weight is 214 g/mol. The fourth-order valence-electron chi connectivity index (χ4n) is 0.953. The minimum atomic E-state index is -0.412. The maximum Gasteiger partial charge on any atom is 0.368 e. The van der Waals surface area contributed by atoms with E-state index in [2.05, 4.69) is 25.7 Å². The van der Waals surface area contributed by atoms with Crippen LogP contribution in [0.5, 0.6) is 0 Å². The highest BCUT2D eigenvalue weighted by atomic mass is 17.2. The van der Waals surface area contributed by atoms with Gasteiger partial charge >= 0.3 is 5.97 Å². The molecule has 3 nitrogen and oxygen atoms in total. The van der Waals surface area contributed by atoms with E-state index in [1.807, 2.05) is 19.9 Å². The molecule has 0 aliphatic rings. The third-order valence-electron chi connectivity index (χ3n) is 2.16. The lowest BCUT2D eigenvalue weighted by Crippen LogP contribution is -2.14. The molecule has 0 rings (SSSR count). The first-order valence-electron chi connectivity index (χ1n) is 5.35. The molecule has 0 N–H and O–H groups in total. The first-order chi connectivity index (χ1) is 6.78. The van der Waals surface area contributed by atoms with Gasteiger partial charge in [0, 0.05) is 5.57 Å². The molecule has 15 heavy (non-hydrogen) atoms. The molecule has 0 aromatic rings. The quantitative estimate of drug-likeness (QED) is 0.400. The van der Waals surface area contributed by atoms with Gasteiger partial charge in [-0.2, -0.15) is 4.89 Å². The highest BCUT2D eigenvalue weighted by Gasteiger charge is 2.16. The van der Waals surface area contributed by atoms with Gasteiger partial charge in [-0.25, -0.2) is 4.79 Å². The van der Waals surface area contributed by atoms with Crippen molar-refractivity contribution >= 4 is 5.97 Å². The van der Waals surface area contributed by atoms with Gasteiger partial charge in [-0.05, 0) is 32.6 Å². The Kier molecular flexibility index (Phi) is 5.58. The molecule has 0 saturated heterocycles. The topological polar surface area (TPSA) is 35.5 Å². The molecular weight excluding hydrogens is 192 g/mol. The zero-order chi connectivity index (χ0) is 12.1. The minimum Gasteiger partial charge on any atom is -0.293 e. The van der Waals surface area contributed by atoms with E-state index < -0.39 is 5.97 Å². The smallest absolute Gasteiger partial charge is 0.293 e. The van der Waals surface area contributed by atoms with E-state index in [9.17, 15) is 4.79 Å². The Morgan fingerprint density at radius 1 is 1.40 bits per heavy atom. The van der Waals surface area contributed by atoms with Crippen LogP contribution in [0, 0.1) is 5.41 Å². The van der Waals surface area contributed by atoms with Gasteiger partial charge < -0.3 is 0 Å². The standard InChI is InChI=1S/C12H22O3/c1-7-12(5,6)8-10(4)11(13)15-14-9(2)3/h8-9H,7H2,1-6H3/b10-8-. The highest BCUT2D eigenvalue weighted by Crippen LogP contribution is 2.23. The van der Waals surface area contributed by atoms with Crippen LogP contribution in [0.2, 0.25) is 0 Å². The zero-order valence-electron chi connectivity index (χ0n) is 10.6. The Hall–Kier alpha value is -0.830. The molecule has 0 aromatic heterocycles. The van der Waals surface area contributed by atoms with E-state index in [-0.39, 0.29) is 11.5 Å². The molecule has 0 atom stereocenters. The normalized spacial score (nSPS) is 13.1. The van der Waals surface area contributed by atoms with Crippen LogP contribution in [-0.4, -0.2) is 12.1 Å². The molecule has 0 bridgehead atoms. The van der Waals surface area contributed by atoms with Crippen LogP contribution in [-0.2, 0) is 14.6 Å².